The predicted molar refractivity (Wildman–Crippen MR) is 114 cm³/mol. The average molecular weight is 436 g/mol. The molecule has 1 saturated heterocycles. The molecule has 2 aromatic carbocycles. The van der Waals surface area contributed by atoms with Gasteiger partial charge in [0, 0.05) is 18.7 Å². The van der Waals surface area contributed by atoms with Crippen LogP contribution in [0.5, 0.6) is 0 Å². The van der Waals surface area contributed by atoms with Gasteiger partial charge in [0.25, 0.3) is 5.56 Å². The summed E-state index contributed by atoms with van der Waals surface area (Å²) in [5.74, 6) is -1.93. The van der Waals surface area contributed by atoms with Crippen LogP contribution in [0.3, 0.4) is 0 Å². The molecule has 4 rings (SSSR count). The molecule has 1 atom stereocenters. The van der Waals surface area contributed by atoms with Gasteiger partial charge in [0.05, 0.1) is 21.9 Å². The topological polar surface area (TPSA) is 124 Å². The second kappa shape index (κ2) is 8.06. The van der Waals surface area contributed by atoms with E-state index < -0.39 is 27.3 Å². The molecule has 0 amide bonds. The molecule has 9 heteroatoms. The lowest BCUT2D eigenvalue weighted by atomic mass is 9.98. The van der Waals surface area contributed by atoms with Crippen molar-refractivity contribution in [3.8, 4) is 6.07 Å². The predicted octanol–water partition coefficient (Wildman–Crippen LogP) is 2.51. The Morgan fingerprint density at radius 1 is 1.16 bits per heavy atom. The number of nitrogens with zero attached hydrogens (tertiary/aromatic N) is 3. The Morgan fingerprint density at radius 2 is 1.84 bits per heavy atom. The first-order valence-corrected chi connectivity index (χ1v) is 11.3. The highest BCUT2D eigenvalue weighted by atomic mass is 32.2. The zero-order chi connectivity index (χ0) is 22.2. The molecular weight excluding hydrogens is 416 g/mol. The Kier molecular flexibility index (Phi) is 5.43. The van der Waals surface area contributed by atoms with Crippen LogP contribution in [0.25, 0.3) is 10.9 Å². The molecule has 0 saturated carbocycles. The number of rotatable bonds is 5. The number of carbonyl (C=O) groups excluding carboxylic acids is 1. The molecular formula is C22H20N4O4S. The van der Waals surface area contributed by atoms with Crippen LogP contribution in [0.4, 0.5) is 0 Å². The molecule has 8 nitrogen and oxygen atoms in total. The van der Waals surface area contributed by atoms with Gasteiger partial charge in [-0.25, -0.2) is 13.4 Å². The fraction of sp³-hybridized carbons (Fsp3) is 0.273. The van der Waals surface area contributed by atoms with Crippen molar-refractivity contribution in [2.45, 2.75) is 30.6 Å². The van der Waals surface area contributed by atoms with E-state index in [0.717, 1.165) is 18.4 Å². The van der Waals surface area contributed by atoms with Crippen LogP contribution >= 0.6 is 0 Å². The Labute approximate surface area is 179 Å². The summed E-state index contributed by atoms with van der Waals surface area (Å²) in [7, 11) is -3.60. The minimum atomic E-state index is -3.60. The van der Waals surface area contributed by atoms with E-state index >= 15 is 0 Å². The summed E-state index contributed by atoms with van der Waals surface area (Å²) in [5, 5.41) is 9.99. The number of aryl methyl sites for hydroxylation is 1. The first-order valence-electron chi connectivity index (χ1n) is 9.86. The van der Waals surface area contributed by atoms with Crippen molar-refractivity contribution in [2.75, 3.05) is 13.1 Å². The number of hydrogen-bond donors (Lipinski definition) is 1. The fourth-order valence-corrected chi connectivity index (χ4v) is 5.20. The third kappa shape index (κ3) is 3.87. The number of nitrogens with one attached hydrogen (secondary N) is 1. The van der Waals surface area contributed by atoms with Gasteiger partial charge in [-0.05, 0) is 44.0 Å². The number of hydrogen-bond acceptors (Lipinski definition) is 6. The van der Waals surface area contributed by atoms with E-state index in [-0.39, 0.29) is 16.3 Å². The van der Waals surface area contributed by atoms with E-state index in [0.29, 0.717) is 24.0 Å². The number of benzene rings is 2. The van der Waals surface area contributed by atoms with Crippen molar-refractivity contribution in [3.63, 3.8) is 0 Å². The Bertz CT molecular complexity index is 1370. The van der Waals surface area contributed by atoms with Gasteiger partial charge >= 0.3 is 0 Å². The number of nitriles is 1. The zero-order valence-electron chi connectivity index (χ0n) is 16.8. The Hall–Kier alpha value is -3.35. The van der Waals surface area contributed by atoms with Gasteiger partial charge in [-0.2, -0.15) is 9.57 Å². The molecule has 1 unspecified atom stereocenters. The van der Waals surface area contributed by atoms with E-state index in [1.165, 1.54) is 28.6 Å². The van der Waals surface area contributed by atoms with Gasteiger partial charge in [0.15, 0.2) is 11.7 Å². The van der Waals surface area contributed by atoms with Crippen molar-refractivity contribution in [1.29, 1.82) is 5.26 Å². The molecule has 1 aliphatic rings. The maximum atomic E-state index is 13.0. The number of aromatic amines is 1. The van der Waals surface area contributed by atoms with Crippen molar-refractivity contribution in [1.82, 2.24) is 14.3 Å². The van der Waals surface area contributed by atoms with Crippen LogP contribution < -0.4 is 5.56 Å². The maximum absolute atomic E-state index is 13.0. The van der Waals surface area contributed by atoms with Crippen LogP contribution in [0.2, 0.25) is 0 Å². The number of fused-ring (bicyclic) bond motifs is 1. The monoisotopic (exact) mass is 436 g/mol. The van der Waals surface area contributed by atoms with Crippen molar-refractivity contribution in [2.24, 2.45) is 0 Å². The van der Waals surface area contributed by atoms with E-state index in [9.17, 15) is 23.3 Å². The molecule has 0 aliphatic carbocycles. The van der Waals surface area contributed by atoms with Gasteiger partial charge in [0.2, 0.25) is 10.0 Å². The van der Waals surface area contributed by atoms with Gasteiger partial charge in [-0.15, -0.1) is 0 Å². The lowest BCUT2D eigenvalue weighted by molar-refractivity contribution is 0.0976. The molecule has 0 spiro atoms. The molecule has 31 heavy (non-hydrogen) atoms. The first kappa shape index (κ1) is 20.9. The number of sulfonamides is 1. The van der Waals surface area contributed by atoms with Crippen molar-refractivity contribution >= 4 is 26.7 Å². The highest BCUT2D eigenvalue weighted by molar-refractivity contribution is 7.89. The number of ketones is 1. The molecule has 1 N–H and O–H groups in total. The summed E-state index contributed by atoms with van der Waals surface area (Å²) < 4.78 is 26.7. The standard InChI is InChI=1S/C22H20N4O4S/c1-14-4-9-19-17(12-14)22(28)25-21(24-19)18(13-23)20(27)15-5-7-16(8-6-15)31(29,30)26-10-2-3-11-26/h4-9,12,18H,2-3,10-11H2,1H3,(H,24,25,28). The van der Waals surface area contributed by atoms with E-state index in [4.69, 9.17) is 0 Å². The summed E-state index contributed by atoms with van der Waals surface area (Å²) >= 11 is 0. The summed E-state index contributed by atoms with van der Waals surface area (Å²) in [6.07, 6.45) is 1.66. The van der Waals surface area contributed by atoms with E-state index in [2.05, 4.69) is 9.97 Å². The van der Waals surface area contributed by atoms with Crippen LogP contribution in [-0.2, 0) is 10.0 Å². The summed E-state index contributed by atoms with van der Waals surface area (Å²) in [6.45, 7) is 2.82. The molecule has 1 aromatic heterocycles. The smallest absolute Gasteiger partial charge is 0.258 e. The second-order valence-electron chi connectivity index (χ2n) is 7.53. The third-order valence-corrected chi connectivity index (χ3v) is 7.30. The lowest BCUT2D eigenvalue weighted by Gasteiger charge is -2.15. The van der Waals surface area contributed by atoms with Crippen LogP contribution in [0.15, 0.2) is 52.2 Å². The molecule has 158 valence electrons. The Morgan fingerprint density at radius 3 is 2.48 bits per heavy atom. The minimum Gasteiger partial charge on any atom is -0.308 e. The largest absolute Gasteiger partial charge is 0.308 e. The third-order valence-electron chi connectivity index (χ3n) is 5.39. The van der Waals surface area contributed by atoms with Gasteiger partial charge in [-0.3, -0.25) is 9.59 Å². The molecule has 0 radical (unpaired) electrons. The molecule has 0 bridgehead atoms. The normalized spacial score (nSPS) is 15.6. The summed E-state index contributed by atoms with van der Waals surface area (Å²) in [5.41, 5.74) is 1.02. The fourth-order valence-electron chi connectivity index (χ4n) is 3.69. The quantitative estimate of drug-likeness (QED) is 0.613. The Balaban J connectivity index is 1.65. The van der Waals surface area contributed by atoms with Crippen LogP contribution in [0.1, 0.15) is 40.5 Å². The number of H-pyrrole nitrogens is 1. The molecule has 3 aromatic rings. The zero-order valence-corrected chi connectivity index (χ0v) is 17.6. The molecule has 1 fully saturated rings. The van der Waals surface area contributed by atoms with E-state index in [1.807, 2.05) is 13.0 Å². The SMILES string of the molecule is Cc1ccc2nc(C(C#N)C(=O)c3ccc(S(=O)(=O)N4CCCC4)cc3)[nH]c(=O)c2c1. The van der Waals surface area contributed by atoms with Crippen LogP contribution in [-0.4, -0.2) is 41.6 Å². The van der Waals surface area contributed by atoms with Crippen molar-refractivity contribution < 1.29 is 13.2 Å². The lowest BCUT2D eigenvalue weighted by Crippen LogP contribution is -2.27. The molecule has 1 aliphatic heterocycles. The number of aromatic nitrogens is 2. The molecule has 2 heterocycles. The van der Waals surface area contributed by atoms with Gasteiger partial charge < -0.3 is 4.98 Å². The highest BCUT2D eigenvalue weighted by Gasteiger charge is 2.29. The van der Waals surface area contributed by atoms with E-state index in [1.54, 1.807) is 18.2 Å². The van der Waals surface area contributed by atoms with Gasteiger partial charge in [0.1, 0.15) is 5.82 Å². The average Bonchev–Trinajstić information content (AvgIpc) is 3.31. The summed E-state index contributed by atoms with van der Waals surface area (Å²) in [6, 6.07) is 12.6. The van der Waals surface area contributed by atoms with Gasteiger partial charge in [-0.1, -0.05) is 23.8 Å². The summed E-state index contributed by atoms with van der Waals surface area (Å²) in [4.78, 5) is 32.3. The van der Waals surface area contributed by atoms with Crippen molar-refractivity contribution in [3.05, 3.63) is 69.8 Å². The highest BCUT2D eigenvalue weighted by Crippen LogP contribution is 2.23. The minimum absolute atomic E-state index is 0.0392. The maximum Gasteiger partial charge on any atom is 0.258 e. The first-order chi connectivity index (χ1) is 14.8. The number of carbonyl (C=O) groups is 1. The second-order valence-corrected chi connectivity index (χ2v) is 9.47. The van der Waals surface area contributed by atoms with Crippen LogP contribution in [0, 0.1) is 18.3 Å². The number of Topliss-reactive ketones (excluding diaryl/α,β-unsaturated/α-hetero) is 1.